The van der Waals surface area contributed by atoms with Crippen LogP contribution in [0.4, 0.5) is 5.69 Å². The number of rotatable bonds is 4. The van der Waals surface area contributed by atoms with E-state index in [0.29, 0.717) is 5.57 Å². The fourth-order valence-corrected chi connectivity index (χ4v) is 5.05. The molecule has 0 saturated heterocycles. The van der Waals surface area contributed by atoms with Gasteiger partial charge < -0.3 is 10.2 Å². The Kier molecular flexibility index (Phi) is 5.41. The Labute approximate surface area is 192 Å². The molecule has 5 rings (SSSR count). The number of allylic oxidation sites excluding steroid dienone is 1. The Balaban J connectivity index is 1.60. The van der Waals surface area contributed by atoms with E-state index in [1.807, 2.05) is 55.5 Å². The van der Waals surface area contributed by atoms with Crippen LogP contribution in [0.5, 0.6) is 0 Å². The summed E-state index contributed by atoms with van der Waals surface area (Å²) in [6.07, 6.45) is 0. The zero-order chi connectivity index (χ0) is 22.1. The van der Waals surface area contributed by atoms with Crippen LogP contribution in [0.2, 0.25) is 0 Å². The van der Waals surface area contributed by atoms with Crippen molar-refractivity contribution in [1.82, 2.24) is 4.90 Å². The number of para-hydroxylation sites is 1. The quantitative estimate of drug-likeness (QED) is 0.516. The van der Waals surface area contributed by atoms with Crippen LogP contribution >= 0.6 is 11.8 Å². The monoisotopic (exact) mass is 437 g/mol. The smallest absolute Gasteiger partial charge is 0.255 e. The molecular formula is C27H23N3OS. The SMILES string of the molecule is CC1=C(C(=O)Nc2ccccc2)[C@H](c2ccccc2)N2C(c3ccc(C)cc3)=CSC2=N1. The van der Waals surface area contributed by atoms with Gasteiger partial charge in [-0.25, -0.2) is 4.99 Å². The average molecular weight is 438 g/mol. The van der Waals surface area contributed by atoms with Crippen LogP contribution in [0.25, 0.3) is 5.70 Å². The van der Waals surface area contributed by atoms with E-state index in [1.165, 1.54) is 5.56 Å². The first kappa shape index (κ1) is 20.3. The molecule has 0 spiro atoms. The summed E-state index contributed by atoms with van der Waals surface area (Å²) in [7, 11) is 0. The van der Waals surface area contributed by atoms with Gasteiger partial charge in [0.15, 0.2) is 5.17 Å². The molecule has 0 aromatic heterocycles. The van der Waals surface area contributed by atoms with E-state index < -0.39 is 0 Å². The van der Waals surface area contributed by atoms with Crippen LogP contribution in [0.15, 0.2) is 107 Å². The van der Waals surface area contributed by atoms with Gasteiger partial charge in [-0.05, 0) is 37.1 Å². The van der Waals surface area contributed by atoms with Crippen molar-refractivity contribution >= 4 is 34.2 Å². The third-order valence-electron chi connectivity index (χ3n) is 5.67. The lowest BCUT2D eigenvalue weighted by molar-refractivity contribution is -0.113. The van der Waals surface area contributed by atoms with Crippen LogP contribution in [-0.2, 0) is 4.79 Å². The van der Waals surface area contributed by atoms with Crippen molar-refractivity contribution in [2.75, 3.05) is 5.32 Å². The molecule has 0 unspecified atom stereocenters. The highest BCUT2D eigenvalue weighted by Gasteiger charge is 2.40. The highest BCUT2D eigenvalue weighted by atomic mass is 32.2. The molecular weight excluding hydrogens is 414 g/mol. The van der Waals surface area contributed by atoms with Crippen molar-refractivity contribution in [3.63, 3.8) is 0 Å². The number of thioether (sulfide) groups is 1. The number of nitrogens with zero attached hydrogens (tertiary/aromatic N) is 2. The summed E-state index contributed by atoms with van der Waals surface area (Å²) >= 11 is 1.60. The number of hydrogen-bond acceptors (Lipinski definition) is 4. The van der Waals surface area contributed by atoms with Gasteiger partial charge in [-0.3, -0.25) is 4.79 Å². The molecule has 1 atom stereocenters. The molecule has 3 aromatic carbocycles. The summed E-state index contributed by atoms with van der Waals surface area (Å²) in [4.78, 5) is 20.6. The van der Waals surface area contributed by atoms with Gasteiger partial charge in [0.05, 0.1) is 23.0 Å². The first-order valence-corrected chi connectivity index (χ1v) is 11.4. The number of amides is 1. The number of amidine groups is 1. The molecule has 158 valence electrons. The van der Waals surface area contributed by atoms with E-state index >= 15 is 0 Å². The number of nitrogens with one attached hydrogen (secondary N) is 1. The van der Waals surface area contributed by atoms with E-state index in [1.54, 1.807) is 11.8 Å². The number of carbonyl (C=O) groups is 1. The molecule has 32 heavy (non-hydrogen) atoms. The molecule has 2 aliphatic rings. The Hall–Kier alpha value is -3.57. The first-order chi connectivity index (χ1) is 15.6. The number of aryl methyl sites for hydroxylation is 1. The molecule has 2 heterocycles. The highest BCUT2D eigenvalue weighted by molar-refractivity contribution is 8.16. The Morgan fingerprint density at radius 1 is 0.906 bits per heavy atom. The normalized spacial score (nSPS) is 17.6. The van der Waals surface area contributed by atoms with Crippen molar-refractivity contribution in [1.29, 1.82) is 0 Å². The van der Waals surface area contributed by atoms with E-state index in [9.17, 15) is 4.79 Å². The van der Waals surface area contributed by atoms with Crippen LogP contribution in [0, 0.1) is 6.92 Å². The molecule has 0 radical (unpaired) electrons. The molecule has 0 saturated carbocycles. The molecule has 1 amide bonds. The second-order valence-corrected chi connectivity index (χ2v) is 8.72. The fourth-order valence-electron chi connectivity index (χ4n) is 4.08. The van der Waals surface area contributed by atoms with Gasteiger partial charge in [0, 0.05) is 11.1 Å². The lowest BCUT2D eigenvalue weighted by Crippen LogP contribution is -2.37. The maximum absolute atomic E-state index is 13.5. The topological polar surface area (TPSA) is 44.7 Å². The van der Waals surface area contributed by atoms with Gasteiger partial charge in [0.25, 0.3) is 5.91 Å². The molecule has 0 bridgehead atoms. The summed E-state index contributed by atoms with van der Waals surface area (Å²) in [5.74, 6) is -0.134. The predicted molar refractivity (Wildman–Crippen MR) is 133 cm³/mol. The summed E-state index contributed by atoms with van der Waals surface area (Å²) in [6.45, 7) is 4.00. The van der Waals surface area contributed by atoms with E-state index in [2.05, 4.69) is 58.9 Å². The summed E-state index contributed by atoms with van der Waals surface area (Å²) < 4.78 is 0. The molecule has 0 fully saturated rings. The van der Waals surface area contributed by atoms with Crippen molar-refractivity contribution in [2.24, 2.45) is 4.99 Å². The minimum Gasteiger partial charge on any atom is -0.322 e. The number of carbonyl (C=O) groups excluding carboxylic acids is 1. The second kappa shape index (κ2) is 8.52. The zero-order valence-electron chi connectivity index (χ0n) is 17.9. The number of hydrogen-bond donors (Lipinski definition) is 1. The van der Waals surface area contributed by atoms with Crippen molar-refractivity contribution < 1.29 is 4.79 Å². The predicted octanol–water partition coefficient (Wildman–Crippen LogP) is 6.37. The van der Waals surface area contributed by atoms with Crippen LogP contribution in [-0.4, -0.2) is 16.0 Å². The molecule has 1 N–H and O–H groups in total. The van der Waals surface area contributed by atoms with Crippen molar-refractivity contribution in [2.45, 2.75) is 19.9 Å². The zero-order valence-corrected chi connectivity index (χ0v) is 18.8. The number of fused-ring (bicyclic) bond motifs is 1. The maximum Gasteiger partial charge on any atom is 0.255 e. The third-order valence-corrected chi connectivity index (χ3v) is 6.51. The lowest BCUT2D eigenvalue weighted by Gasteiger charge is -2.36. The highest BCUT2D eigenvalue weighted by Crippen LogP contribution is 2.46. The van der Waals surface area contributed by atoms with Gasteiger partial charge in [0.1, 0.15) is 0 Å². The van der Waals surface area contributed by atoms with E-state index in [4.69, 9.17) is 4.99 Å². The van der Waals surface area contributed by atoms with Crippen LogP contribution < -0.4 is 5.32 Å². The minimum absolute atomic E-state index is 0.134. The van der Waals surface area contributed by atoms with Gasteiger partial charge in [-0.15, -0.1) is 0 Å². The number of anilines is 1. The van der Waals surface area contributed by atoms with Crippen molar-refractivity contribution in [3.8, 4) is 0 Å². The molecule has 4 nitrogen and oxygen atoms in total. The van der Waals surface area contributed by atoms with Crippen LogP contribution in [0.3, 0.4) is 0 Å². The van der Waals surface area contributed by atoms with Gasteiger partial charge in [-0.1, -0.05) is 90.1 Å². The lowest BCUT2D eigenvalue weighted by atomic mass is 9.92. The standard InChI is InChI=1S/C27H23N3OS/c1-18-13-15-20(16-14-18)23-17-32-27-28-19(2)24(26(31)29-22-11-7-4-8-12-22)25(30(23)27)21-9-5-3-6-10-21/h3-17,25H,1-2H3,(H,29,31)/t25-/m0/s1. The van der Waals surface area contributed by atoms with Gasteiger partial charge in [0.2, 0.25) is 0 Å². The van der Waals surface area contributed by atoms with Gasteiger partial charge in [-0.2, -0.15) is 0 Å². The number of benzene rings is 3. The molecule has 2 aliphatic heterocycles. The van der Waals surface area contributed by atoms with Gasteiger partial charge >= 0.3 is 0 Å². The fraction of sp³-hybridized carbons (Fsp3) is 0.111. The Morgan fingerprint density at radius 3 is 2.25 bits per heavy atom. The number of aliphatic imine (C=N–C) groups is 1. The Morgan fingerprint density at radius 2 is 1.56 bits per heavy atom. The largest absolute Gasteiger partial charge is 0.322 e. The molecule has 3 aromatic rings. The average Bonchev–Trinajstić information content (AvgIpc) is 3.23. The Bertz CT molecular complexity index is 1250. The van der Waals surface area contributed by atoms with E-state index in [-0.39, 0.29) is 11.9 Å². The molecule has 0 aliphatic carbocycles. The van der Waals surface area contributed by atoms with E-state index in [0.717, 1.165) is 33.4 Å². The van der Waals surface area contributed by atoms with Crippen molar-refractivity contribution in [3.05, 3.63) is 118 Å². The summed E-state index contributed by atoms with van der Waals surface area (Å²) in [5, 5.41) is 6.09. The summed E-state index contributed by atoms with van der Waals surface area (Å²) in [6, 6.07) is 27.9. The second-order valence-electron chi connectivity index (χ2n) is 7.88. The maximum atomic E-state index is 13.5. The minimum atomic E-state index is -0.269. The molecule has 5 heteroatoms. The third kappa shape index (κ3) is 3.76. The first-order valence-electron chi connectivity index (χ1n) is 10.6. The summed E-state index contributed by atoms with van der Waals surface area (Å²) in [5.41, 5.74) is 6.60. The van der Waals surface area contributed by atoms with Crippen LogP contribution in [0.1, 0.15) is 29.7 Å².